The van der Waals surface area contributed by atoms with E-state index >= 15 is 0 Å². The van der Waals surface area contributed by atoms with Crippen molar-refractivity contribution in [1.82, 2.24) is 95.7 Å². The van der Waals surface area contributed by atoms with Gasteiger partial charge in [-0.1, -0.05) is 0 Å². The monoisotopic (exact) mass is 3280 g/mol. The average molecular weight is 3280 g/mol. The Morgan fingerprint density at radius 1 is 0.139 bits per heavy atom. The van der Waals surface area contributed by atoms with Crippen LogP contribution >= 0.6 is 0 Å². The van der Waals surface area contributed by atoms with Gasteiger partial charge < -0.3 is 0 Å². The van der Waals surface area contributed by atoms with E-state index in [4.69, 9.17) is 56.8 Å². The SMILES string of the molecule is CCCCOCCN[C](=[W])NCC.CCCCOCCN[C](=[W])NCCOCCC.CCCCOCCN[C](=[W])NCOCCCC.CCCCOCN[C](=[W])NCCOCCC.CCCOCCN[C](=[W])NCC.CCCOCCN[C](=[W])NCC.CCCOCCN[C](=[W])NCCOCCC.CCCOCN[C](=[W])NCC.CCN[C](=[W])NCC. The van der Waals surface area contributed by atoms with Crippen LogP contribution in [0.4, 0.5) is 0 Å². The van der Waals surface area contributed by atoms with Crippen LogP contribution in [0.25, 0.3) is 0 Å². The number of unbranched alkanes of at least 4 members (excludes halogenated alkanes) is 5. The molecule has 732 valence electrons. The van der Waals surface area contributed by atoms with Gasteiger partial charge in [-0.05, 0) is 0 Å². The topological polar surface area (TPSA) is 327 Å². The van der Waals surface area contributed by atoms with Crippen molar-refractivity contribution in [1.29, 1.82) is 0 Å². The fourth-order valence-electron chi connectivity index (χ4n) is 7.38. The molecule has 0 aromatic rings. The van der Waals surface area contributed by atoms with Crippen molar-refractivity contribution in [2.75, 3.05) is 257 Å². The Balaban J connectivity index is -0.000000169. The van der Waals surface area contributed by atoms with Gasteiger partial charge in [0.2, 0.25) is 0 Å². The second-order valence-corrected chi connectivity index (χ2v) is 38.7. The Bertz CT molecular complexity index is 1990. The predicted octanol–water partition coefficient (Wildman–Crippen LogP) is 5.26. The third-order valence-corrected chi connectivity index (χ3v) is 22.8. The predicted molar refractivity (Wildman–Crippen MR) is 485 cm³/mol. The molecule has 0 unspecified atom stereocenters. The second kappa shape index (κ2) is 140. The van der Waals surface area contributed by atoms with Crippen molar-refractivity contribution in [2.24, 2.45) is 0 Å². The van der Waals surface area contributed by atoms with Crippen molar-refractivity contribution < 1.29 is 231 Å². The molecular weight excluding hydrogens is 3100 g/mol. The van der Waals surface area contributed by atoms with Crippen molar-refractivity contribution in [3.05, 3.63) is 0 Å². The summed E-state index contributed by atoms with van der Waals surface area (Å²) in [6.45, 7) is 71.4. The molecule has 18 N–H and O–H groups in total. The molecule has 39 heteroatoms. The molecule has 0 radical (unpaired) electrons. The molecule has 0 aromatic heterocycles. The molecule has 0 fully saturated rings. The molecular formula is C83H184N18O12W9. The summed E-state index contributed by atoms with van der Waals surface area (Å²) >= 11 is 12.9. The van der Waals surface area contributed by atoms with Crippen LogP contribution < -0.4 is 95.7 Å². The third-order valence-electron chi connectivity index (χ3n) is 13.5. The quantitative estimate of drug-likeness (QED) is 0.0273. The molecule has 0 aromatic carbocycles. The van der Waals surface area contributed by atoms with Crippen LogP contribution in [-0.2, 0) is 231 Å². The normalized spacial score (nSPS) is 10.4. The molecule has 0 bridgehead atoms. The maximum absolute atomic E-state index is 5.46. The molecule has 0 saturated heterocycles. The van der Waals surface area contributed by atoms with Gasteiger partial charge in [-0.3, -0.25) is 0 Å². The summed E-state index contributed by atoms with van der Waals surface area (Å²) in [7, 11) is 0. The Morgan fingerprint density at radius 2 is 0.262 bits per heavy atom. The van der Waals surface area contributed by atoms with E-state index in [1.807, 2.05) is 0 Å². The summed E-state index contributed by atoms with van der Waals surface area (Å²) in [5.41, 5.74) is 0. The van der Waals surface area contributed by atoms with Crippen molar-refractivity contribution in [3.63, 3.8) is 0 Å². The van der Waals surface area contributed by atoms with Crippen LogP contribution in [0.2, 0.25) is 0 Å². The first-order valence-corrected chi connectivity index (χ1v) is 58.6. The van der Waals surface area contributed by atoms with E-state index < -0.39 is 0 Å². The van der Waals surface area contributed by atoms with Crippen LogP contribution in [-0.4, -0.2) is 294 Å². The van der Waals surface area contributed by atoms with E-state index in [9.17, 15) is 0 Å². The molecule has 0 aliphatic rings. The van der Waals surface area contributed by atoms with E-state index in [-0.39, 0.29) is 0 Å². The number of hydrogen-bond donors (Lipinski definition) is 18. The van der Waals surface area contributed by atoms with Gasteiger partial charge in [-0.2, -0.15) is 0 Å². The molecule has 0 atom stereocenters. The summed E-state index contributed by atoms with van der Waals surface area (Å²) in [6.07, 6.45) is 19.3. The van der Waals surface area contributed by atoms with Gasteiger partial charge in [0, 0.05) is 0 Å². The number of nitrogens with one attached hydrogen (secondary N) is 18. The summed E-state index contributed by atoms with van der Waals surface area (Å²) in [6, 6.07) is 0. The van der Waals surface area contributed by atoms with E-state index in [0.29, 0.717) is 20.2 Å². The van der Waals surface area contributed by atoms with Crippen LogP contribution in [0, 0.1) is 0 Å². The van der Waals surface area contributed by atoms with E-state index in [1.165, 1.54) is 238 Å². The molecule has 0 amide bonds. The zero-order valence-electron chi connectivity index (χ0n) is 79.7. The number of ether oxygens (including phenoxy) is 12. The third kappa shape index (κ3) is 161. The van der Waals surface area contributed by atoms with Crippen molar-refractivity contribution in [3.8, 4) is 0 Å². The summed E-state index contributed by atoms with van der Waals surface area (Å²) in [4.78, 5) is 0. The van der Waals surface area contributed by atoms with Crippen LogP contribution in [0.5, 0.6) is 0 Å². The Labute approximate surface area is 845 Å². The maximum atomic E-state index is 5.46. The molecule has 0 aliphatic carbocycles. The first kappa shape index (κ1) is 144. The van der Waals surface area contributed by atoms with E-state index in [1.54, 1.807) is 0 Å². The number of rotatable bonds is 86. The number of hydrogen-bond acceptors (Lipinski definition) is 30. The molecule has 30 nitrogen and oxygen atoms in total. The summed E-state index contributed by atoms with van der Waals surface area (Å²) < 4.78 is 75.1. The zero-order chi connectivity index (χ0) is 93.0. The Kier molecular flexibility index (Phi) is 165. The van der Waals surface area contributed by atoms with Gasteiger partial charge in [-0.25, -0.2) is 0 Å². The van der Waals surface area contributed by atoms with Crippen LogP contribution in [0.1, 0.15) is 234 Å². The van der Waals surface area contributed by atoms with Crippen LogP contribution in [0.3, 0.4) is 0 Å². The minimum atomic E-state index is 0.599. The second-order valence-electron chi connectivity index (χ2n) is 25.5. The summed E-state index contributed by atoms with van der Waals surface area (Å²) in [5.74, 6) is 0. The Hall–Kier alpha value is 3.82. The molecule has 122 heavy (non-hydrogen) atoms. The first-order chi connectivity index (χ1) is 59.3. The zero-order valence-corrected chi connectivity index (χ0v) is 106. The van der Waals surface area contributed by atoms with Gasteiger partial charge in [0.1, 0.15) is 0 Å². The van der Waals surface area contributed by atoms with Gasteiger partial charge in [0.25, 0.3) is 0 Å². The molecule has 0 rings (SSSR count). The first-order valence-electron chi connectivity index (χ1n) is 45.4. The molecule has 0 spiro atoms. The van der Waals surface area contributed by atoms with E-state index in [0.717, 1.165) is 320 Å². The summed E-state index contributed by atoms with van der Waals surface area (Å²) in [5, 5.41) is 58.4. The van der Waals surface area contributed by atoms with Crippen LogP contribution in [0.15, 0.2) is 0 Å². The molecule has 0 aliphatic heterocycles. The van der Waals surface area contributed by atoms with Gasteiger partial charge in [0.05, 0.1) is 0 Å². The minimum absolute atomic E-state index is 0.599. The van der Waals surface area contributed by atoms with Crippen molar-refractivity contribution >= 4 is 37.3 Å². The van der Waals surface area contributed by atoms with Gasteiger partial charge >= 0.3 is 855 Å². The fraction of sp³-hybridized carbons (Fsp3) is 0.892. The molecule has 0 saturated carbocycles. The fourth-order valence-corrected chi connectivity index (χ4v) is 14.4. The average Bonchev–Trinajstić information content (AvgIpc) is 0.941. The van der Waals surface area contributed by atoms with Crippen molar-refractivity contribution in [2.45, 2.75) is 234 Å². The standard InChI is InChI=1S/2C12H26N2O2.2C11H24N2O2.C9H20N2O.2C8H18N2O.C7H16N2O.C5H12N2.9W/c1-3-5-9-16-11-7-14-12-13-6-10-15-8-4-2;1-3-5-8-15-10-7-13-11-14-12-16-9-6-4-2;1-3-7-14-9-5-12-11-13-6-10-15-8-4-2;1-3-5-8-15-11-13-10-12-6-9-14-7-4-2;1-3-5-7-12-8-6-11-9-10-4-2;2*1-3-6-11-7-5-10-8-9-4-2;1-3-5-10-7-9-6-8-4-2;1-3-6-5-7-4-2;;;;;;;;;/h13-14H,3-11H2,1-2H3;13-14H,3-10,12H2,1-2H3;12-13H,3-10H2,1-2H3;12-13H,3-9,11H2,1-2H3;10-11H,3-8H2,1-2H3;2*9-10H,3-7H2,1-2H3;8-9H,3-5,7H2,1-2H3;6-7H,3-4H2,1-2H3;;;;;;;;;. The van der Waals surface area contributed by atoms with Gasteiger partial charge in [0.15, 0.2) is 0 Å². The Morgan fingerprint density at radius 3 is 0.426 bits per heavy atom. The van der Waals surface area contributed by atoms with E-state index in [2.05, 4.69) is 220 Å². The molecule has 0 heterocycles. The van der Waals surface area contributed by atoms with Gasteiger partial charge in [-0.15, -0.1) is 0 Å².